The molecule has 1 atom stereocenters. The summed E-state index contributed by atoms with van der Waals surface area (Å²) in [5.41, 5.74) is 0.163. The van der Waals surface area contributed by atoms with Crippen LogP contribution in [0, 0.1) is 5.82 Å². The Bertz CT molecular complexity index is 726. The van der Waals surface area contributed by atoms with E-state index < -0.39 is 5.82 Å². The largest absolute Gasteiger partial charge is 0.480 e. The maximum atomic E-state index is 13.7. The van der Waals surface area contributed by atoms with E-state index in [1.807, 2.05) is 0 Å². The van der Waals surface area contributed by atoms with E-state index >= 15 is 0 Å². The molecule has 2 amide bonds. The molecular weight excluding hydrogens is 327 g/mol. The summed E-state index contributed by atoms with van der Waals surface area (Å²) in [5.74, 6) is 0.318. The fourth-order valence-corrected chi connectivity index (χ4v) is 2.63. The molecule has 1 saturated heterocycles. The van der Waals surface area contributed by atoms with E-state index in [-0.39, 0.29) is 17.8 Å². The van der Waals surface area contributed by atoms with Crippen molar-refractivity contribution >= 4 is 11.7 Å². The molecule has 132 valence electrons. The lowest BCUT2D eigenvalue weighted by atomic mass is 10.1. The van der Waals surface area contributed by atoms with Gasteiger partial charge in [-0.2, -0.15) is 0 Å². The Morgan fingerprint density at radius 1 is 1.24 bits per heavy atom. The minimum Gasteiger partial charge on any atom is -0.480 e. The standard InChI is InChI=1S/C17H19FN4O3/c1-24-15-8-9-16(21-20-15)25-12-5-4-10-22(11-12)17(23)19-14-7-3-2-6-13(14)18/h2-3,6-9,12H,4-5,10-11H2,1H3,(H,19,23). The molecule has 0 saturated carbocycles. The zero-order valence-corrected chi connectivity index (χ0v) is 13.8. The number of carbonyl (C=O) groups excluding carboxylic acids is 1. The number of amides is 2. The van der Waals surface area contributed by atoms with Gasteiger partial charge in [-0.15, -0.1) is 10.2 Å². The number of hydrogen-bond donors (Lipinski definition) is 1. The van der Waals surface area contributed by atoms with Crippen LogP contribution in [0.4, 0.5) is 14.9 Å². The zero-order valence-electron chi connectivity index (χ0n) is 13.8. The predicted molar refractivity (Wildman–Crippen MR) is 89.2 cm³/mol. The number of aromatic nitrogens is 2. The van der Waals surface area contributed by atoms with E-state index in [0.29, 0.717) is 24.8 Å². The summed E-state index contributed by atoms with van der Waals surface area (Å²) < 4.78 is 24.4. The van der Waals surface area contributed by atoms with Gasteiger partial charge in [-0.3, -0.25) is 0 Å². The number of nitrogens with one attached hydrogen (secondary N) is 1. The first-order valence-electron chi connectivity index (χ1n) is 8.00. The zero-order chi connectivity index (χ0) is 17.6. The molecule has 1 aliphatic heterocycles. The highest BCUT2D eigenvalue weighted by Gasteiger charge is 2.25. The SMILES string of the molecule is COc1ccc(OC2CCCN(C(=O)Nc3ccccc3F)C2)nn1. The third kappa shape index (κ3) is 4.34. The monoisotopic (exact) mass is 346 g/mol. The number of anilines is 1. The molecule has 25 heavy (non-hydrogen) atoms. The van der Waals surface area contributed by atoms with Gasteiger partial charge in [-0.05, 0) is 25.0 Å². The normalized spacial score (nSPS) is 17.0. The fourth-order valence-electron chi connectivity index (χ4n) is 2.63. The minimum absolute atomic E-state index is 0.163. The molecule has 0 spiro atoms. The van der Waals surface area contributed by atoms with Crippen LogP contribution < -0.4 is 14.8 Å². The summed E-state index contributed by atoms with van der Waals surface area (Å²) in [6.07, 6.45) is 1.40. The van der Waals surface area contributed by atoms with Gasteiger partial charge in [0, 0.05) is 18.7 Å². The summed E-state index contributed by atoms with van der Waals surface area (Å²) >= 11 is 0. The fraction of sp³-hybridized carbons (Fsp3) is 0.353. The molecule has 3 rings (SSSR count). The third-order valence-corrected chi connectivity index (χ3v) is 3.89. The van der Waals surface area contributed by atoms with Crippen molar-refractivity contribution in [3.05, 3.63) is 42.2 Å². The topological polar surface area (TPSA) is 76.6 Å². The van der Waals surface area contributed by atoms with Crippen molar-refractivity contribution in [2.24, 2.45) is 0 Å². The molecule has 1 fully saturated rings. The Balaban J connectivity index is 1.58. The van der Waals surface area contributed by atoms with E-state index in [0.717, 1.165) is 12.8 Å². The first kappa shape index (κ1) is 16.9. The highest BCUT2D eigenvalue weighted by molar-refractivity contribution is 5.89. The van der Waals surface area contributed by atoms with Crippen molar-refractivity contribution in [2.45, 2.75) is 18.9 Å². The second-order valence-corrected chi connectivity index (χ2v) is 5.65. The van der Waals surface area contributed by atoms with Crippen molar-refractivity contribution in [1.82, 2.24) is 15.1 Å². The number of ether oxygens (including phenoxy) is 2. The van der Waals surface area contributed by atoms with Crippen LogP contribution in [-0.2, 0) is 0 Å². The lowest BCUT2D eigenvalue weighted by molar-refractivity contribution is 0.101. The van der Waals surface area contributed by atoms with Crippen LogP contribution in [0.25, 0.3) is 0 Å². The van der Waals surface area contributed by atoms with E-state index in [9.17, 15) is 9.18 Å². The second kappa shape index (κ2) is 7.78. The molecule has 1 aromatic carbocycles. The summed E-state index contributed by atoms with van der Waals surface area (Å²) in [7, 11) is 1.51. The number of piperidine rings is 1. The van der Waals surface area contributed by atoms with Gasteiger partial charge >= 0.3 is 6.03 Å². The van der Waals surface area contributed by atoms with E-state index in [2.05, 4.69) is 15.5 Å². The number of urea groups is 1. The molecule has 2 aromatic rings. The highest BCUT2D eigenvalue weighted by Crippen LogP contribution is 2.19. The number of likely N-dealkylation sites (tertiary alicyclic amines) is 1. The maximum absolute atomic E-state index is 13.7. The molecule has 1 unspecified atom stereocenters. The first-order chi connectivity index (χ1) is 12.2. The van der Waals surface area contributed by atoms with Gasteiger partial charge in [0.1, 0.15) is 11.9 Å². The van der Waals surface area contributed by atoms with Gasteiger partial charge < -0.3 is 19.7 Å². The average Bonchev–Trinajstić information content (AvgIpc) is 2.64. The van der Waals surface area contributed by atoms with Gasteiger partial charge in [0.2, 0.25) is 11.8 Å². The summed E-state index contributed by atoms with van der Waals surface area (Å²) in [6.45, 7) is 0.989. The quantitative estimate of drug-likeness (QED) is 0.921. The molecule has 1 aliphatic rings. The van der Waals surface area contributed by atoms with E-state index in [1.165, 1.54) is 19.2 Å². The average molecular weight is 346 g/mol. The van der Waals surface area contributed by atoms with Crippen LogP contribution in [0.3, 0.4) is 0 Å². The molecule has 0 bridgehead atoms. The molecule has 7 nitrogen and oxygen atoms in total. The Hall–Kier alpha value is -2.90. The van der Waals surface area contributed by atoms with Crippen molar-refractivity contribution in [3.8, 4) is 11.8 Å². The molecule has 2 heterocycles. The molecule has 1 aromatic heterocycles. The van der Waals surface area contributed by atoms with Crippen LogP contribution in [0.2, 0.25) is 0 Å². The van der Waals surface area contributed by atoms with E-state index in [1.54, 1.807) is 29.2 Å². The van der Waals surface area contributed by atoms with E-state index in [4.69, 9.17) is 9.47 Å². The van der Waals surface area contributed by atoms with Crippen LogP contribution in [0.5, 0.6) is 11.8 Å². The number of halogens is 1. The lowest BCUT2D eigenvalue weighted by Crippen LogP contribution is -2.46. The number of para-hydroxylation sites is 1. The Kier molecular flexibility index (Phi) is 5.27. The Morgan fingerprint density at radius 3 is 2.72 bits per heavy atom. The number of nitrogens with zero attached hydrogens (tertiary/aromatic N) is 3. The van der Waals surface area contributed by atoms with Gasteiger partial charge in [0.15, 0.2) is 0 Å². The molecule has 0 aliphatic carbocycles. The Labute approximate surface area is 144 Å². The van der Waals surface area contributed by atoms with Gasteiger partial charge in [-0.1, -0.05) is 12.1 Å². The third-order valence-electron chi connectivity index (χ3n) is 3.89. The first-order valence-corrected chi connectivity index (χ1v) is 8.00. The summed E-state index contributed by atoms with van der Waals surface area (Å²) in [4.78, 5) is 14.0. The van der Waals surface area contributed by atoms with Crippen molar-refractivity contribution in [3.63, 3.8) is 0 Å². The molecule has 0 radical (unpaired) electrons. The predicted octanol–water partition coefficient (Wildman–Crippen LogP) is 2.70. The van der Waals surface area contributed by atoms with Crippen LogP contribution in [0.1, 0.15) is 12.8 Å². The smallest absolute Gasteiger partial charge is 0.322 e. The van der Waals surface area contributed by atoms with Crippen molar-refractivity contribution < 1.29 is 18.7 Å². The number of hydrogen-bond acceptors (Lipinski definition) is 5. The summed E-state index contributed by atoms with van der Waals surface area (Å²) in [5, 5.41) is 10.4. The van der Waals surface area contributed by atoms with Crippen LogP contribution >= 0.6 is 0 Å². The van der Waals surface area contributed by atoms with Gasteiger partial charge in [-0.25, -0.2) is 9.18 Å². The highest BCUT2D eigenvalue weighted by atomic mass is 19.1. The maximum Gasteiger partial charge on any atom is 0.322 e. The van der Waals surface area contributed by atoms with Crippen molar-refractivity contribution in [2.75, 3.05) is 25.5 Å². The number of benzene rings is 1. The molecule has 1 N–H and O–H groups in total. The van der Waals surface area contributed by atoms with Crippen LogP contribution in [-0.4, -0.2) is 47.4 Å². The van der Waals surface area contributed by atoms with Gasteiger partial charge in [0.05, 0.1) is 19.3 Å². The lowest BCUT2D eigenvalue weighted by Gasteiger charge is -2.32. The summed E-state index contributed by atoms with van der Waals surface area (Å²) in [6, 6.07) is 9.06. The second-order valence-electron chi connectivity index (χ2n) is 5.65. The van der Waals surface area contributed by atoms with Gasteiger partial charge in [0.25, 0.3) is 0 Å². The number of carbonyl (C=O) groups is 1. The van der Waals surface area contributed by atoms with Crippen molar-refractivity contribution in [1.29, 1.82) is 0 Å². The molecule has 8 heteroatoms. The minimum atomic E-state index is -0.464. The van der Waals surface area contributed by atoms with Crippen LogP contribution in [0.15, 0.2) is 36.4 Å². The Morgan fingerprint density at radius 2 is 2.00 bits per heavy atom. The molecular formula is C17H19FN4O3. The number of rotatable bonds is 4. The number of methoxy groups -OCH3 is 1.